The third-order valence-corrected chi connectivity index (χ3v) is 4.20. The predicted molar refractivity (Wildman–Crippen MR) is 88.8 cm³/mol. The lowest BCUT2D eigenvalue weighted by atomic mass is 9.98. The maximum absolute atomic E-state index is 12.8. The Kier molecular flexibility index (Phi) is 4.55. The van der Waals surface area contributed by atoms with Crippen molar-refractivity contribution in [1.82, 2.24) is 9.88 Å². The maximum atomic E-state index is 12.8. The average Bonchev–Trinajstić information content (AvgIpc) is 2.65. The summed E-state index contributed by atoms with van der Waals surface area (Å²) in [7, 11) is 4.75. The van der Waals surface area contributed by atoms with E-state index >= 15 is 0 Å². The van der Waals surface area contributed by atoms with Crippen molar-refractivity contribution in [3.05, 3.63) is 47.2 Å². The van der Waals surface area contributed by atoms with Crippen LogP contribution in [-0.2, 0) is 13.0 Å². The normalized spacial score (nSPS) is 13.2. The highest BCUT2D eigenvalue weighted by atomic mass is 16.5. The first kappa shape index (κ1) is 16.1. The summed E-state index contributed by atoms with van der Waals surface area (Å²) in [6.07, 6.45) is 2.38. The van der Waals surface area contributed by atoms with E-state index < -0.39 is 0 Å². The molecule has 126 valence electrons. The van der Waals surface area contributed by atoms with E-state index in [4.69, 9.17) is 14.2 Å². The molecule has 0 saturated carbocycles. The fourth-order valence-electron chi connectivity index (χ4n) is 2.94. The van der Waals surface area contributed by atoms with Crippen molar-refractivity contribution in [2.45, 2.75) is 13.0 Å². The molecule has 24 heavy (non-hydrogen) atoms. The Labute approximate surface area is 141 Å². The summed E-state index contributed by atoms with van der Waals surface area (Å²) in [6.45, 7) is 1.16. The molecule has 0 fully saturated rings. The highest BCUT2D eigenvalue weighted by Crippen LogP contribution is 2.33. The van der Waals surface area contributed by atoms with Gasteiger partial charge in [-0.25, -0.2) is 4.98 Å². The Morgan fingerprint density at radius 3 is 2.46 bits per heavy atom. The van der Waals surface area contributed by atoms with Crippen LogP contribution < -0.4 is 14.2 Å². The number of fused-ring (bicyclic) bond motifs is 1. The van der Waals surface area contributed by atoms with Crippen LogP contribution in [0.25, 0.3) is 0 Å². The summed E-state index contributed by atoms with van der Waals surface area (Å²) in [5, 5.41) is 0. The molecule has 1 aliphatic rings. The van der Waals surface area contributed by atoms with E-state index in [1.165, 1.54) is 12.7 Å². The molecular formula is C18H20N2O4. The topological polar surface area (TPSA) is 60.9 Å². The van der Waals surface area contributed by atoms with Crippen LogP contribution in [0.15, 0.2) is 30.5 Å². The predicted octanol–water partition coefficient (Wildman–Crippen LogP) is 2.31. The summed E-state index contributed by atoms with van der Waals surface area (Å²) >= 11 is 0. The zero-order valence-electron chi connectivity index (χ0n) is 14.0. The van der Waals surface area contributed by atoms with Crippen molar-refractivity contribution in [3.63, 3.8) is 0 Å². The van der Waals surface area contributed by atoms with Crippen molar-refractivity contribution in [2.24, 2.45) is 0 Å². The van der Waals surface area contributed by atoms with Crippen LogP contribution in [0.2, 0.25) is 0 Å². The molecule has 3 rings (SSSR count). The number of amides is 1. The van der Waals surface area contributed by atoms with E-state index in [1.807, 2.05) is 12.1 Å². The number of aromatic nitrogens is 1. The van der Waals surface area contributed by atoms with Gasteiger partial charge in [0.1, 0.15) is 5.56 Å². The smallest absolute Gasteiger partial charge is 0.259 e. The number of carbonyl (C=O) groups is 1. The second-order valence-electron chi connectivity index (χ2n) is 5.51. The molecule has 0 aliphatic carbocycles. The van der Waals surface area contributed by atoms with E-state index in [0.717, 1.165) is 12.0 Å². The van der Waals surface area contributed by atoms with Gasteiger partial charge in [-0.05, 0) is 41.8 Å². The Hall–Kier alpha value is -2.76. The van der Waals surface area contributed by atoms with Gasteiger partial charge >= 0.3 is 0 Å². The minimum atomic E-state index is -0.0830. The van der Waals surface area contributed by atoms with Crippen LogP contribution in [0, 0.1) is 0 Å². The van der Waals surface area contributed by atoms with Crippen LogP contribution in [0.5, 0.6) is 17.4 Å². The number of hydrogen-bond donors (Lipinski definition) is 0. The highest BCUT2D eigenvalue weighted by molar-refractivity contribution is 5.96. The lowest BCUT2D eigenvalue weighted by Gasteiger charge is -2.30. The van der Waals surface area contributed by atoms with E-state index in [1.54, 1.807) is 37.4 Å². The van der Waals surface area contributed by atoms with Gasteiger partial charge in [0.05, 0.1) is 21.3 Å². The Morgan fingerprint density at radius 2 is 1.79 bits per heavy atom. The highest BCUT2D eigenvalue weighted by Gasteiger charge is 2.25. The van der Waals surface area contributed by atoms with Gasteiger partial charge in [-0.2, -0.15) is 0 Å². The summed E-state index contributed by atoms with van der Waals surface area (Å²) in [5.74, 6) is 1.65. The van der Waals surface area contributed by atoms with E-state index in [-0.39, 0.29) is 5.91 Å². The Balaban J connectivity index is 1.88. The molecule has 0 N–H and O–H groups in total. The van der Waals surface area contributed by atoms with Gasteiger partial charge in [-0.15, -0.1) is 0 Å². The second kappa shape index (κ2) is 6.78. The molecule has 1 amide bonds. The van der Waals surface area contributed by atoms with Crippen LogP contribution in [0.3, 0.4) is 0 Å². The van der Waals surface area contributed by atoms with Gasteiger partial charge < -0.3 is 19.1 Å². The summed E-state index contributed by atoms with van der Waals surface area (Å²) < 4.78 is 15.9. The molecule has 2 aromatic rings. The molecule has 0 spiro atoms. The third kappa shape index (κ3) is 2.87. The lowest BCUT2D eigenvalue weighted by Crippen LogP contribution is -2.36. The molecule has 0 saturated heterocycles. The van der Waals surface area contributed by atoms with Crippen molar-refractivity contribution in [1.29, 1.82) is 0 Å². The first-order valence-electron chi connectivity index (χ1n) is 7.70. The minimum Gasteiger partial charge on any atom is -0.493 e. The fraction of sp³-hybridized carbons (Fsp3) is 0.333. The fourth-order valence-corrected chi connectivity index (χ4v) is 2.94. The molecule has 0 bridgehead atoms. The molecule has 0 radical (unpaired) electrons. The van der Waals surface area contributed by atoms with Crippen molar-refractivity contribution >= 4 is 5.91 Å². The second-order valence-corrected chi connectivity index (χ2v) is 5.51. The monoisotopic (exact) mass is 328 g/mol. The molecular weight excluding hydrogens is 308 g/mol. The van der Waals surface area contributed by atoms with Crippen LogP contribution >= 0.6 is 0 Å². The molecule has 1 aromatic heterocycles. The van der Waals surface area contributed by atoms with E-state index in [0.29, 0.717) is 36.0 Å². The number of hydrogen-bond acceptors (Lipinski definition) is 5. The Morgan fingerprint density at radius 1 is 1.08 bits per heavy atom. The molecule has 1 aromatic carbocycles. The van der Waals surface area contributed by atoms with Gasteiger partial charge in [-0.1, -0.05) is 0 Å². The van der Waals surface area contributed by atoms with Crippen LogP contribution in [0.1, 0.15) is 21.5 Å². The summed E-state index contributed by atoms with van der Waals surface area (Å²) in [4.78, 5) is 18.7. The van der Waals surface area contributed by atoms with Crippen molar-refractivity contribution in [3.8, 4) is 17.4 Å². The summed E-state index contributed by atoms with van der Waals surface area (Å²) in [6, 6.07) is 7.40. The van der Waals surface area contributed by atoms with Gasteiger partial charge in [0, 0.05) is 19.3 Å². The molecule has 0 unspecified atom stereocenters. The minimum absolute atomic E-state index is 0.0830. The number of methoxy groups -OCH3 is 3. The van der Waals surface area contributed by atoms with Gasteiger partial charge in [0.25, 0.3) is 5.91 Å². The number of ether oxygens (including phenoxy) is 3. The SMILES string of the molecule is COc1cc2c(cc1OC)CN(C(=O)c1cccnc1OC)CC2. The van der Waals surface area contributed by atoms with Crippen LogP contribution in [-0.4, -0.2) is 43.7 Å². The number of nitrogens with zero attached hydrogens (tertiary/aromatic N) is 2. The van der Waals surface area contributed by atoms with E-state index in [9.17, 15) is 4.79 Å². The zero-order valence-corrected chi connectivity index (χ0v) is 14.0. The molecule has 2 heterocycles. The largest absolute Gasteiger partial charge is 0.493 e. The molecule has 0 atom stereocenters. The average molecular weight is 328 g/mol. The number of pyridine rings is 1. The maximum Gasteiger partial charge on any atom is 0.259 e. The molecule has 6 nitrogen and oxygen atoms in total. The number of benzene rings is 1. The van der Waals surface area contributed by atoms with Crippen molar-refractivity contribution < 1.29 is 19.0 Å². The zero-order chi connectivity index (χ0) is 17.1. The standard InChI is InChI=1S/C18H20N2O4/c1-22-15-9-12-6-8-20(11-13(12)10-16(15)23-2)18(21)14-5-4-7-19-17(14)24-3/h4-5,7,9-10H,6,8,11H2,1-3H3. The molecule has 6 heteroatoms. The quantitative estimate of drug-likeness (QED) is 0.862. The third-order valence-electron chi connectivity index (χ3n) is 4.20. The van der Waals surface area contributed by atoms with Gasteiger partial charge in [0.2, 0.25) is 5.88 Å². The lowest BCUT2D eigenvalue weighted by molar-refractivity contribution is 0.0730. The molecule has 1 aliphatic heterocycles. The van der Waals surface area contributed by atoms with Gasteiger partial charge in [-0.3, -0.25) is 4.79 Å². The first-order chi connectivity index (χ1) is 11.7. The Bertz CT molecular complexity index is 761. The van der Waals surface area contributed by atoms with E-state index in [2.05, 4.69) is 4.98 Å². The number of carbonyl (C=O) groups excluding carboxylic acids is 1. The van der Waals surface area contributed by atoms with Gasteiger partial charge in [0.15, 0.2) is 11.5 Å². The van der Waals surface area contributed by atoms with Crippen molar-refractivity contribution in [2.75, 3.05) is 27.9 Å². The van der Waals surface area contributed by atoms with Crippen LogP contribution in [0.4, 0.5) is 0 Å². The summed E-state index contributed by atoms with van der Waals surface area (Å²) in [5.41, 5.74) is 2.72. The first-order valence-corrected chi connectivity index (χ1v) is 7.70. The number of rotatable bonds is 4.